The molecule has 0 aliphatic heterocycles. The number of carbonyl (C=O) groups is 1. The van der Waals surface area contributed by atoms with Crippen molar-refractivity contribution >= 4 is 11.7 Å². The average Bonchev–Trinajstić information content (AvgIpc) is 2.76. The van der Waals surface area contributed by atoms with E-state index in [9.17, 15) is 4.79 Å². The van der Waals surface area contributed by atoms with Crippen LogP contribution in [0.4, 0.5) is 5.82 Å². The maximum absolute atomic E-state index is 12.2. The predicted octanol–water partition coefficient (Wildman–Crippen LogP) is 2.54. The van der Waals surface area contributed by atoms with Crippen LogP contribution in [0.1, 0.15) is 38.1 Å². The maximum Gasteiger partial charge on any atom is 0.255 e. The minimum atomic E-state index is -0.0593. The Morgan fingerprint density at radius 2 is 1.95 bits per heavy atom. The van der Waals surface area contributed by atoms with Crippen LogP contribution in [-0.4, -0.2) is 24.5 Å². The second kappa shape index (κ2) is 4.51. The highest BCUT2D eigenvalue weighted by Gasteiger charge is 2.64. The van der Waals surface area contributed by atoms with Crippen LogP contribution in [0.15, 0.2) is 18.3 Å². The molecule has 0 aromatic carbocycles. The molecule has 1 heterocycles. The molecule has 1 aromatic rings. The molecule has 0 bridgehead atoms. The molecule has 1 aliphatic carbocycles. The van der Waals surface area contributed by atoms with E-state index in [1.54, 1.807) is 25.4 Å². The Morgan fingerprint density at radius 1 is 1.32 bits per heavy atom. The maximum atomic E-state index is 12.2. The van der Waals surface area contributed by atoms with Gasteiger partial charge in [0.25, 0.3) is 5.91 Å². The largest absolute Gasteiger partial charge is 0.372 e. The fraction of sp³-hybridized carbons (Fsp3) is 0.600. The first-order valence-electron chi connectivity index (χ1n) is 6.73. The van der Waals surface area contributed by atoms with E-state index in [2.05, 4.69) is 43.3 Å². The van der Waals surface area contributed by atoms with E-state index in [4.69, 9.17) is 0 Å². The van der Waals surface area contributed by atoms with Crippen molar-refractivity contribution in [2.45, 2.75) is 27.7 Å². The van der Waals surface area contributed by atoms with Gasteiger partial charge in [-0.2, -0.15) is 0 Å². The molecular formula is C15H23N3O. The molecule has 4 heteroatoms. The van der Waals surface area contributed by atoms with Crippen LogP contribution < -0.4 is 10.6 Å². The fourth-order valence-electron chi connectivity index (χ4n) is 2.92. The molecule has 1 amide bonds. The van der Waals surface area contributed by atoms with Crippen LogP contribution in [0.3, 0.4) is 0 Å². The number of carbonyl (C=O) groups excluding carboxylic acids is 1. The molecule has 2 rings (SSSR count). The van der Waals surface area contributed by atoms with E-state index in [-0.39, 0.29) is 5.91 Å². The Morgan fingerprint density at radius 3 is 2.47 bits per heavy atom. The van der Waals surface area contributed by atoms with Crippen molar-refractivity contribution in [1.29, 1.82) is 0 Å². The fourth-order valence-corrected chi connectivity index (χ4v) is 2.92. The summed E-state index contributed by atoms with van der Waals surface area (Å²) in [5.41, 5.74) is 1.18. The van der Waals surface area contributed by atoms with Crippen LogP contribution in [0.2, 0.25) is 0 Å². The summed E-state index contributed by atoms with van der Waals surface area (Å²) in [4.78, 5) is 16.3. The van der Waals surface area contributed by atoms with Crippen LogP contribution >= 0.6 is 0 Å². The lowest BCUT2D eigenvalue weighted by molar-refractivity contribution is 0.0950. The number of nitrogens with one attached hydrogen (secondary N) is 2. The highest BCUT2D eigenvalue weighted by atomic mass is 16.1. The topological polar surface area (TPSA) is 54.0 Å². The van der Waals surface area contributed by atoms with Gasteiger partial charge in [0, 0.05) is 19.8 Å². The molecule has 1 aliphatic rings. The third kappa shape index (κ3) is 2.20. The second-order valence-electron chi connectivity index (χ2n) is 6.36. The molecule has 19 heavy (non-hydrogen) atoms. The highest BCUT2D eigenvalue weighted by molar-refractivity contribution is 5.98. The Hall–Kier alpha value is -1.58. The van der Waals surface area contributed by atoms with Gasteiger partial charge in [-0.1, -0.05) is 27.7 Å². The number of aromatic nitrogens is 1. The van der Waals surface area contributed by atoms with Gasteiger partial charge in [0.05, 0.1) is 5.56 Å². The van der Waals surface area contributed by atoms with Crippen LogP contribution in [-0.2, 0) is 0 Å². The molecular weight excluding hydrogens is 238 g/mol. The van der Waals surface area contributed by atoms with Crippen molar-refractivity contribution in [2.24, 2.45) is 16.7 Å². The molecule has 0 atom stereocenters. The minimum Gasteiger partial charge on any atom is -0.372 e. The second-order valence-corrected chi connectivity index (χ2v) is 6.36. The summed E-state index contributed by atoms with van der Waals surface area (Å²) in [7, 11) is 1.77. The van der Waals surface area contributed by atoms with E-state index in [1.165, 1.54) is 0 Å². The summed E-state index contributed by atoms with van der Waals surface area (Å²) in [6.45, 7) is 9.75. The standard InChI is InChI=1S/C15H23N3O/c1-14(2)11(15(14,3)4)9-18-13(19)10-7-6-8-17-12(10)16-5/h6-8,11H,9H2,1-5H3,(H,16,17)(H,18,19). The van der Waals surface area contributed by atoms with Crippen LogP contribution in [0, 0.1) is 16.7 Å². The third-order valence-corrected chi connectivity index (χ3v) is 5.08. The molecule has 1 saturated carbocycles. The number of anilines is 1. The van der Waals surface area contributed by atoms with Crippen molar-refractivity contribution in [3.05, 3.63) is 23.9 Å². The molecule has 0 unspecified atom stereocenters. The first-order chi connectivity index (χ1) is 8.82. The van der Waals surface area contributed by atoms with Crippen LogP contribution in [0.5, 0.6) is 0 Å². The van der Waals surface area contributed by atoms with E-state index in [0.717, 1.165) is 6.54 Å². The van der Waals surface area contributed by atoms with Crippen LogP contribution in [0.25, 0.3) is 0 Å². The van der Waals surface area contributed by atoms with Gasteiger partial charge in [-0.15, -0.1) is 0 Å². The minimum absolute atomic E-state index is 0.0593. The molecule has 0 spiro atoms. The molecule has 1 fully saturated rings. The average molecular weight is 261 g/mol. The van der Waals surface area contributed by atoms with E-state index in [0.29, 0.717) is 28.1 Å². The van der Waals surface area contributed by atoms with Crippen molar-refractivity contribution in [3.63, 3.8) is 0 Å². The first-order valence-corrected chi connectivity index (χ1v) is 6.73. The lowest BCUT2D eigenvalue weighted by Gasteiger charge is -2.09. The summed E-state index contributed by atoms with van der Waals surface area (Å²) < 4.78 is 0. The van der Waals surface area contributed by atoms with E-state index >= 15 is 0 Å². The quantitative estimate of drug-likeness (QED) is 0.875. The summed E-state index contributed by atoms with van der Waals surface area (Å²) >= 11 is 0. The number of hydrogen-bond donors (Lipinski definition) is 2. The Labute approximate surface area is 115 Å². The van der Waals surface area contributed by atoms with Gasteiger partial charge in [-0.3, -0.25) is 4.79 Å². The van der Waals surface area contributed by atoms with Gasteiger partial charge in [-0.05, 0) is 28.9 Å². The van der Waals surface area contributed by atoms with E-state index in [1.807, 2.05) is 0 Å². The Bertz CT molecular complexity index is 480. The number of rotatable bonds is 4. The van der Waals surface area contributed by atoms with Gasteiger partial charge >= 0.3 is 0 Å². The SMILES string of the molecule is CNc1ncccc1C(=O)NCC1C(C)(C)C1(C)C. The van der Waals surface area contributed by atoms with Gasteiger partial charge in [0.15, 0.2) is 0 Å². The smallest absolute Gasteiger partial charge is 0.255 e. The molecule has 1 aromatic heterocycles. The number of hydrogen-bond acceptors (Lipinski definition) is 3. The summed E-state index contributed by atoms with van der Waals surface area (Å²) in [6, 6.07) is 3.57. The van der Waals surface area contributed by atoms with E-state index < -0.39 is 0 Å². The number of nitrogens with zero attached hydrogens (tertiary/aromatic N) is 1. The lowest BCUT2D eigenvalue weighted by Crippen LogP contribution is -2.28. The normalized spacial score (nSPS) is 19.8. The van der Waals surface area contributed by atoms with Gasteiger partial charge < -0.3 is 10.6 Å². The molecule has 4 nitrogen and oxygen atoms in total. The van der Waals surface area contributed by atoms with Gasteiger partial charge in [-0.25, -0.2) is 4.98 Å². The molecule has 104 valence electrons. The molecule has 2 N–H and O–H groups in total. The summed E-state index contributed by atoms with van der Waals surface area (Å²) in [5.74, 6) is 1.09. The van der Waals surface area contributed by atoms with Crippen molar-refractivity contribution in [1.82, 2.24) is 10.3 Å². The Balaban J connectivity index is 2.00. The van der Waals surface area contributed by atoms with Gasteiger partial charge in [0.1, 0.15) is 5.82 Å². The van der Waals surface area contributed by atoms with Crippen molar-refractivity contribution in [3.8, 4) is 0 Å². The van der Waals surface area contributed by atoms with Crippen molar-refractivity contribution in [2.75, 3.05) is 18.9 Å². The highest BCUT2D eigenvalue weighted by Crippen LogP contribution is 2.67. The zero-order valence-corrected chi connectivity index (χ0v) is 12.4. The Kier molecular flexibility index (Phi) is 3.29. The van der Waals surface area contributed by atoms with Crippen molar-refractivity contribution < 1.29 is 4.79 Å². The zero-order chi connectivity index (χ0) is 14.3. The van der Waals surface area contributed by atoms with Gasteiger partial charge in [0.2, 0.25) is 0 Å². The third-order valence-electron chi connectivity index (χ3n) is 5.08. The summed E-state index contributed by atoms with van der Waals surface area (Å²) in [6.07, 6.45) is 1.68. The predicted molar refractivity (Wildman–Crippen MR) is 77.2 cm³/mol. The monoisotopic (exact) mass is 261 g/mol. The number of pyridine rings is 1. The number of amides is 1. The summed E-state index contributed by atoms with van der Waals surface area (Å²) in [5, 5.41) is 5.97. The molecule has 0 saturated heterocycles. The first kappa shape index (κ1) is 13.8. The molecule has 0 radical (unpaired) electrons. The lowest BCUT2D eigenvalue weighted by atomic mass is 10.0. The zero-order valence-electron chi connectivity index (χ0n) is 12.4.